The van der Waals surface area contributed by atoms with Crippen LogP contribution in [0.5, 0.6) is 0 Å². The molecule has 136 valence electrons. The average molecular weight is 382 g/mol. The van der Waals surface area contributed by atoms with Gasteiger partial charge in [-0.25, -0.2) is 13.2 Å². The predicted molar refractivity (Wildman–Crippen MR) is 90.5 cm³/mol. The number of nitrogens with zero attached hydrogens (tertiary/aromatic N) is 1. The summed E-state index contributed by atoms with van der Waals surface area (Å²) in [6.07, 6.45) is -3.06. The Balaban J connectivity index is 2.33. The maximum atomic E-state index is 13.2. The van der Waals surface area contributed by atoms with E-state index in [1.54, 1.807) is 24.3 Å². The molecule has 0 amide bonds. The summed E-state index contributed by atoms with van der Waals surface area (Å²) in [5, 5.41) is 10.0. The van der Waals surface area contributed by atoms with E-state index in [4.69, 9.17) is 11.6 Å². The third-order valence-corrected chi connectivity index (χ3v) is 4.04. The van der Waals surface area contributed by atoms with Gasteiger partial charge in [-0.15, -0.1) is 0 Å². The van der Waals surface area contributed by atoms with E-state index in [9.17, 15) is 23.2 Å². The van der Waals surface area contributed by atoms with E-state index >= 15 is 0 Å². The summed E-state index contributed by atoms with van der Waals surface area (Å²) in [6.45, 7) is -1.01. The number of carbonyl (C=O) groups excluding carboxylic acids is 1. The smallest absolute Gasteiger partial charge is 0.306 e. The number of esters is 1. The van der Waals surface area contributed by atoms with Gasteiger partial charge in [0.05, 0.1) is 18.4 Å². The van der Waals surface area contributed by atoms with E-state index in [-0.39, 0.29) is 6.42 Å². The number of halogens is 4. The fourth-order valence-corrected chi connectivity index (χ4v) is 2.83. The van der Waals surface area contributed by atoms with Crippen molar-refractivity contribution in [2.45, 2.75) is 24.7 Å². The Morgan fingerprint density at radius 1 is 1.15 bits per heavy atom. The van der Waals surface area contributed by atoms with Crippen LogP contribution in [0, 0.1) is 17.1 Å². The molecule has 3 nitrogen and oxygen atoms in total. The molecule has 0 heterocycles. The minimum absolute atomic E-state index is 0.289. The number of benzene rings is 2. The van der Waals surface area contributed by atoms with Crippen molar-refractivity contribution in [1.29, 1.82) is 5.26 Å². The van der Waals surface area contributed by atoms with E-state index in [2.05, 4.69) is 10.8 Å². The first-order chi connectivity index (χ1) is 12.4. The zero-order chi connectivity index (χ0) is 19.1. The van der Waals surface area contributed by atoms with Crippen molar-refractivity contribution in [2.75, 3.05) is 6.61 Å². The molecule has 0 saturated carbocycles. The molecule has 2 aromatic rings. The van der Waals surface area contributed by atoms with Gasteiger partial charge in [-0.2, -0.15) is 5.26 Å². The van der Waals surface area contributed by atoms with Gasteiger partial charge in [0.1, 0.15) is 5.82 Å². The molecule has 0 bridgehead atoms. The van der Waals surface area contributed by atoms with Crippen LogP contribution in [0.15, 0.2) is 48.5 Å². The fraction of sp³-hybridized carbons (Fsp3) is 0.263. The molecule has 0 aromatic heterocycles. The molecule has 26 heavy (non-hydrogen) atoms. The second-order valence-corrected chi connectivity index (χ2v) is 6.03. The van der Waals surface area contributed by atoms with Gasteiger partial charge in [0.2, 0.25) is 0 Å². The second-order valence-electron chi connectivity index (χ2n) is 5.60. The molecule has 0 radical (unpaired) electrons. The highest BCUT2D eigenvalue weighted by Gasteiger charge is 2.28. The van der Waals surface area contributed by atoms with Crippen LogP contribution in [0.1, 0.15) is 29.4 Å². The largest absolute Gasteiger partial charge is 0.460 e. The number of hydrogen-bond acceptors (Lipinski definition) is 3. The number of hydrogen-bond donors (Lipinski definition) is 0. The van der Waals surface area contributed by atoms with Gasteiger partial charge in [-0.3, -0.25) is 4.79 Å². The third-order valence-electron chi connectivity index (χ3n) is 3.80. The molecule has 0 aliphatic rings. The molecular formula is C19H15ClF3NO2. The van der Waals surface area contributed by atoms with Gasteiger partial charge in [-0.1, -0.05) is 35.9 Å². The Kier molecular flexibility index (Phi) is 7.05. The van der Waals surface area contributed by atoms with E-state index in [0.717, 1.165) is 0 Å². The van der Waals surface area contributed by atoms with Gasteiger partial charge in [0, 0.05) is 10.9 Å². The summed E-state index contributed by atoms with van der Waals surface area (Å²) in [5.41, 5.74) is 1.09. The zero-order valence-electron chi connectivity index (χ0n) is 13.5. The molecular weight excluding hydrogens is 367 g/mol. The van der Waals surface area contributed by atoms with Crippen molar-refractivity contribution >= 4 is 17.6 Å². The number of nitriles is 1. The van der Waals surface area contributed by atoms with Crippen molar-refractivity contribution in [1.82, 2.24) is 0 Å². The molecule has 0 aliphatic carbocycles. The maximum absolute atomic E-state index is 13.2. The average Bonchev–Trinajstić information content (AvgIpc) is 2.61. The molecule has 2 aromatic carbocycles. The lowest BCUT2D eigenvalue weighted by Crippen LogP contribution is -2.18. The van der Waals surface area contributed by atoms with Crippen molar-refractivity contribution < 1.29 is 22.7 Å². The quantitative estimate of drug-likeness (QED) is 0.629. The van der Waals surface area contributed by atoms with Crippen LogP contribution in [-0.2, 0) is 9.53 Å². The van der Waals surface area contributed by atoms with E-state index in [1.165, 1.54) is 24.3 Å². The SMILES string of the molecule is N#CC(c1ccc(F)cc1)C(CC(=O)OCC(F)F)c1cccc(Cl)c1. The Labute approximate surface area is 154 Å². The lowest BCUT2D eigenvalue weighted by molar-refractivity contribution is -0.148. The normalized spacial score (nSPS) is 13.1. The number of rotatable bonds is 7. The highest BCUT2D eigenvalue weighted by atomic mass is 35.5. The van der Waals surface area contributed by atoms with Gasteiger partial charge in [0.25, 0.3) is 6.43 Å². The van der Waals surface area contributed by atoms with Crippen LogP contribution in [0.2, 0.25) is 5.02 Å². The summed E-state index contributed by atoms with van der Waals surface area (Å²) in [6, 6.07) is 14.0. The maximum Gasteiger partial charge on any atom is 0.306 e. The lowest BCUT2D eigenvalue weighted by Gasteiger charge is -2.22. The van der Waals surface area contributed by atoms with Crippen molar-refractivity contribution in [2.24, 2.45) is 0 Å². The van der Waals surface area contributed by atoms with Crippen molar-refractivity contribution in [3.8, 4) is 6.07 Å². The predicted octanol–water partition coefficient (Wildman–Crippen LogP) is 5.07. The van der Waals surface area contributed by atoms with Crippen molar-refractivity contribution in [3.05, 3.63) is 70.5 Å². The minimum Gasteiger partial charge on any atom is -0.460 e. The standard InChI is InChI=1S/C19H15ClF3NO2/c20-14-3-1-2-13(8-14)16(9-19(25)26-11-18(22)23)17(10-24)12-4-6-15(21)7-5-12/h1-8,16-18H,9,11H2. The van der Waals surface area contributed by atoms with Crippen LogP contribution in [0.4, 0.5) is 13.2 Å². The van der Waals surface area contributed by atoms with Crippen LogP contribution in [-0.4, -0.2) is 19.0 Å². The first kappa shape index (κ1) is 19.8. The molecule has 0 saturated heterocycles. The molecule has 7 heteroatoms. The summed E-state index contributed by atoms with van der Waals surface area (Å²) < 4.78 is 42.2. The zero-order valence-corrected chi connectivity index (χ0v) is 14.3. The van der Waals surface area contributed by atoms with E-state index < -0.39 is 36.7 Å². The minimum atomic E-state index is -2.77. The van der Waals surface area contributed by atoms with Gasteiger partial charge < -0.3 is 4.74 Å². The Morgan fingerprint density at radius 3 is 2.42 bits per heavy atom. The van der Waals surface area contributed by atoms with Gasteiger partial charge >= 0.3 is 5.97 Å². The summed E-state index contributed by atoms with van der Waals surface area (Å²) in [7, 11) is 0. The van der Waals surface area contributed by atoms with E-state index in [0.29, 0.717) is 16.1 Å². The highest BCUT2D eigenvalue weighted by Crippen LogP contribution is 2.36. The Hall–Kier alpha value is -2.52. The topological polar surface area (TPSA) is 50.1 Å². The van der Waals surface area contributed by atoms with E-state index in [1.807, 2.05) is 0 Å². The number of carbonyl (C=O) groups is 1. The van der Waals surface area contributed by atoms with Gasteiger partial charge in [0.15, 0.2) is 6.61 Å². The summed E-state index contributed by atoms with van der Waals surface area (Å²) in [4.78, 5) is 12.0. The molecule has 0 fully saturated rings. The first-order valence-electron chi connectivity index (χ1n) is 7.75. The van der Waals surface area contributed by atoms with Crippen LogP contribution in [0.3, 0.4) is 0 Å². The molecule has 0 spiro atoms. The third kappa shape index (κ3) is 5.50. The number of alkyl halides is 2. The Morgan fingerprint density at radius 2 is 1.85 bits per heavy atom. The first-order valence-corrected chi connectivity index (χ1v) is 8.13. The molecule has 2 rings (SSSR count). The monoisotopic (exact) mass is 381 g/mol. The van der Waals surface area contributed by atoms with Crippen LogP contribution in [0.25, 0.3) is 0 Å². The van der Waals surface area contributed by atoms with Gasteiger partial charge in [-0.05, 0) is 35.4 Å². The summed E-state index contributed by atoms with van der Waals surface area (Å²) in [5.74, 6) is -2.80. The molecule has 0 N–H and O–H groups in total. The van der Waals surface area contributed by atoms with Crippen LogP contribution >= 0.6 is 11.6 Å². The molecule has 0 aliphatic heterocycles. The summed E-state index contributed by atoms with van der Waals surface area (Å²) >= 11 is 6.00. The highest BCUT2D eigenvalue weighted by molar-refractivity contribution is 6.30. The molecule has 2 atom stereocenters. The van der Waals surface area contributed by atoms with Crippen molar-refractivity contribution in [3.63, 3.8) is 0 Å². The van der Waals surface area contributed by atoms with Crippen LogP contribution < -0.4 is 0 Å². The number of ether oxygens (including phenoxy) is 1. The second kappa shape index (κ2) is 9.25. The lowest BCUT2D eigenvalue weighted by atomic mass is 9.80. The Bertz CT molecular complexity index is 790. The molecule has 2 unspecified atom stereocenters. The fourth-order valence-electron chi connectivity index (χ4n) is 2.63.